The van der Waals surface area contributed by atoms with Gasteiger partial charge < -0.3 is 58.5 Å². The van der Waals surface area contributed by atoms with Crippen LogP contribution < -0.4 is 43.4 Å². The number of carboxylic acid groups (broad SMARTS) is 1. The van der Waals surface area contributed by atoms with Gasteiger partial charge in [0.25, 0.3) is 0 Å². The van der Waals surface area contributed by atoms with E-state index in [2.05, 4.69) is 31.9 Å². The lowest BCUT2D eigenvalue weighted by atomic mass is 10.00. The fourth-order valence-electron chi connectivity index (χ4n) is 6.16. The van der Waals surface area contributed by atoms with E-state index in [1.54, 1.807) is 13.8 Å². The third-order valence-electron chi connectivity index (χ3n) is 9.35. The van der Waals surface area contributed by atoms with Crippen LogP contribution >= 0.6 is 0 Å². The molecule has 0 spiro atoms. The van der Waals surface area contributed by atoms with Crippen molar-refractivity contribution in [2.75, 3.05) is 19.7 Å². The molecule has 0 unspecified atom stereocenters. The number of hydrogen-bond donors (Lipinski definition) is 10. The van der Waals surface area contributed by atoms with Gasteiger partial charge >= 0.3 is 5.97 Å². The highest BCUT2D eigenvalue weighted by Gasteiger charge is 2.39. The minimum absolute atomic E-state index is 0.0559. The predicted molar refractivity (Wildman–Crippen MR) is 207 cm³/mol. The number of aliphatic hydroxyl groups is 1. The van der Waals surface area contributed by atoms with Gasteiger partial charge in [0.1, 0.15) is 42.3 Å². The average Bonchev–Trinajstić information content (AvgIpc) is 3.61. The van der Waals surface area contributed by atoms with Gasteiger partial charge in [0, 0.05) is 6.54 Å². The Morgan fingerprint density at radius 2 is 1.18 bits per heavy atom. The maximum absolute atomic E-state index is 13.6. The molecule has 19 nitrogen and oxygen atoms in total. The number of carboxylic acids is 1. The number of likely N-dealkylation sites (tertiary alicyclic amines) is 1. The van der Waals surface area contributed by atoms with Crippen LogP contribution in [0.25, 0.3) is 0 Å². The lowest BCUT2D eigenvalue weighted by Gasteiger charge is -2.30. The summed E-state index contributed by atoms with van der Waals surface area (Å²) < 4.78 is 0. The van der Waals surface area contributed by atoms with Crippen LogP contribution in [0.4, 0.5) is 0 Å². The van der Waals surface area contributed by atoms with Crippen LogP contribution in [0.5, 0.6) is 0 Å². The summed E-state index contributed by atoms with van der Waals surface area (Å²) in [6, 6.07) is -9.02. The minimum Gasteiger partial charge on any atom is -0.480 e. The first-order valence-electron chi connectivity index (χ1n) is 19.6. The van der Waals surface area contributed by atoms with E-state index >= 15 is 0 Å². The SMILES string of the molecule is CC(C)C[C@H](NC(=O)[C@H](CCCCN)NC(=O)[C@H](CO)NC(=O)[C@H](C)NC(=O)[C@H](C)NC(=O)[C@@H](NC(=O)[C@@H](N)CC(C)C)C(C)C)C(=O)N1CCC[C@H]1C(=O)O. The average molecular weight is 798 g/mol. The van der Waals surface area contributed by atoms with E-state index in [4.69, 9.17) is 11.5 Å². The Labute approximate surface area is 329 Å². The first kappa shape index (κ1) is 49.7. The second kappa shape index (κ2) is 24.3. The molecule has 19 heteroatoms. The van der Waals surface area contributed by atoms with Crippen molar-refractivity contribution in [2.45, 2.75) is 149 Å². The van der Waals surface area contributed by atoms with E-state index in [0.717, 1.165) is 0 Å². The molecule has 1 rings (SSSR count). The van der Waals surface area contributed by atoms with Gasteiger partial charge in [-0.2, -0.15) is 0 Å². The highest BCUT2D eigenvalue weighted by Crippen LogP contribution is 2.20. The van der Waals surface area contributed by atoms with Crippen LogP contribution in [-0.4, -0.2) is 130 Å². The fraction of sp³-hybridized carbons (Fsp3) is 0.784. The second-order valence-electron chi connectivity index (χ2n) is 15.7. The van der Waals surface area contributed by atoms with Crippen molar-refractivity contribution in [3.8, 4) is 0 Å². The number of rotatable bonds is 24. The number of nitrogens with two attached hydrogens (primary N) is 2. The van der Waals surface area contributed by atoms with E-state index in [0.29, 0.717) is 38.6 Å². The summed E-state index contributed by atoms with van der Waals surface area (Å²) in [5.41, 5.74) is 11.6. The maximum atomic E-state index is 13.6. The smallest absolute Gasteiger partial charge is 0.326 e. The minimum atomic E-state index is -1.55. The summed E-state index contributed by atoms with van der Waals surface area (Å²) in [5, 5.41) is 34.8. The zero-order chi connectivity index (χ0) is 42.9. The van der Waals surface area contributed by atoms with Crippen LogP contribution in [0.3, 0.4) is 0 Å². The standard InChI is InChI=1S/C37H67N9O10/c1-19(2)16-24(39)32(50)45-29(21(5)6)35(53)41-22(7)30(48)40-23(8)31(49)44-27(18-47)34(52)42-25(12-9-10-14-38)33(51)43-26(17-20(3)4)36(54)46-15-11-13-28(46)37(55)56/h19-29,47H,9-18,38-39H2,1-8H3,(H,40,48)(H,41,53)(H,42,52)(H,43,51)(H,44,49)(H,45,50)(H,55,56)/t22-,23-,24-,25-,26-,27-,28-,29-/m0/s1. The molecule has 1 aliphatic heterocycles. The number of carbonyl (C=O) groups is 8. The Morgan fingerprint density at radius 3 is 1.70 bits per heavy atom. The number of amides is 7. The molecule has 1 heterocycles. The summed E-state index contributed by atoms with van der Waals surface area (Å²) in [6.07, 6.45) is 2.45. The summed E-state index contributed by atoms with van der Waals surface area (Å²) in [4.78, 5) is 105. The molecule has 0 aromatic heterocycles. The maximum Gasteiger partial charge on any atom is 0.326 e. The number of aliphatic hydroxyl groups excluding tert-OH is 1. The number of unbranched alkanes of at least 4 members (excludes halogenated alkanes) is 1. The van der Waals surface area contributed by atoms with Crippen molar-refractivity contribution in [3.05, 3.63) is 0 Å². The van der Waals surface area contributed by atoms with Crippen molar-refractivity contribution in [2.24, 2.45) is 29.2 Å². The number of nitrogens with one attached hydrogen (secondary N) is 6. The molecule has 12 N–H and O–H groups in total. The molecule has 320 valence electrons. The summed E-state index contributed by atoms with van der Waals surface area (Å²) in [5.74, 6) is -6.28. The summed E-state index contributed by atoms with van der Waals surface area (Å²) in [7, 11) is 0. The fourth-order valence-corrected chi connectivity index (χ4v) is 6.16. The zero-order valence-electron chi connectivity index (χ0n) is 34.2. The summed E-state index contributed by atoms with van der Waals surface area (Å²) in [6.45, 7) is 13.3. The van der Waals surface area contributed by atoms with Crippen molar-refractivity contribution in [3.63, 3.8) is 0 Å². The van der Waals surface area contributed by atoms with Crippen LogP contribution in [-0.2, 0) is 38.4 Å². The molecule has 0 aliphatic carbocycles. The first-order chi connectivity index (χ1) is 26.1. The van der Waals surface area contributed by atoms with Crippen molar-refractivity contribution >= 4 is 47.3 Å². The molecule has 7 amide bonds. The highest BCUT2D eigenvalue weighted by molar-refractivity contribution is 5.97. The van der Waals surface area contributed by atoms with Crippen LogP contribution in [0.15, 0.2) is 0 Å². The zero-order valence-corrected chi connectivity index (χ0v) is 34.2. The largest absolute Gasteiger partial charge is 0.480 e. The number of aliphatic carboxylic acids is 1. The molecular formula is C37H67N9O10. The Bertz CT molecular complexity index is 1360. The van der Waals surface area contributed by atoms with Gasteiger partial charge in [0.05, 0.1) is 12.6 Å². The Kier molecular flexibility index (Phi) is 21.6. The molecular weight excluding hydrogens is 730 g/mol. The number of carbonyl (C=O) groups excluding carboxylic acids is 7. The Morgan fingerprint density at radius 1 is 0.661 bits per heavy atom. The van der Waals surface area contributed by atoms with Gasteiger partial charge in [-0.05, 0) is 83.1 Å². The lowest BCUT2D eigenvalue weighted by molar-refractivity contribution is -0.149. The van der Waals surface area contributed by atoms with Gasteiger partial charge in [-0.1, -0.05) is 41.5 Å². The van der Waals surface area contributed by atoms with Gasteiger partial charge in [0.2, 0.25) is 41.4 Å². The molecule has 1 saturated heterocycles. The normalized spacial score (nSPS) is 17.9. The molecule has 8 atom stereocenters. The predicted octanol–water partition coefficient (Wildman–Crippen LogP) is -1.79. The van der Waals surface area contributed by atoms with Crippen LogP contribution in [0, 0.1) is 17.8 Å². The molecule has 56 heavy (non-hydrogen) atoms. The first-order valence-corrected chi connectivity index (χ1v) is 19.6. The monoisotopic (exact) mass is 798 g/mol. The van der Waals surface area contributed by atoms with Gasteiger partial charge in [-0.15, -0.1) is 0 Å². The quantitative estimate of drug-likeness (QED) is 0.0485. The number of hydrogen-bond acceptors (Lipinski definition) is 11. The van der Waals surface area contributed by atoms with Crippen LogP contribution in [0.2, 0.25) is 0 Å². The van der Waals surface area contributed by atoms with Crippen molar-refractivity contribution < 1.29 is 48.6 Å². The molecule has 0 radical (unpaired) electrons. The van der Waals surface area contributed by atoms with Crippen LogP contribution in [0.1, 0.15) is 100 Å². The Hall–Kier alpha value is -4.36. The molecule has 0 aromatic rings. The molecule has 0 aromatic carbocycles. The second-order valence-corrected chi connectivity index (χ2v) is 15.7. The van der Waals surface area contributed by atoms with E-state index in [9.17, 15) is 48.6 Å². The topological polar surface area (TPSA) is 304 Å². The molecule has 1 fully saturated rings. The number of nitrogens with zero attached hydrogens (tertiary/aromatic N) is 1. The van der Waals surface area contributed by atoms with Gasteiger partial charge in [0.15, 0.2) is 0 Å². The molecule has 0 saturated carbocycles. The van der Waals surface area contributed by atoms with Crippen molar-refractivity contribution in [1.29, 1.82) is 0 Å². The Balaban J connectivity index is 2.97. The lowest BCUT2D eigenvalue weighted by Crippen LogP contribution is -2.60. The van der Waals surface area contributed by atoms with Crippen molar-refractivity contribution in [1.82, 2.24) is 36.8 Å². The van der Waals surface area contributed by atoms with Gasteiger partial charge in [-0.3, -0.25) is 33.6 Å². The third-order valence-corrected chi connectivity index (χ3v) is 9.35. The van der Waals surface area contributed by atoms with E-state index in [1.165, 1.54) is 18.7 Å². The summed E-state index contributed by atoms with van der Waals surface area (Å²) >= 11 is 0. The van der Waals surface area contributed by atoms with E-state index in [1.807, 2.05) is 27.7 Å². The van der Waals surface area contributed by atoms with E-state index < -0.39 is 102 Å². The van der Waals surface area contributed by atoms with Gasteiger partial charge in [-0.25, -0.2) is 4.79 Å². The highest BCUT2D eigenvalue weighted by atomic mass is 16.4. The molecule has 1 aliphatic rings. The van der Waals surface area contributed by atoms with E-state index in [-0.39, 0.29) is 37.1 Å². The third kappa shape index (κ3) is 16.4. The molecule has 0 bridgehead atoms.